The van der Waals surface area contributed by atoms with Crippen LogP contribution >= 0.6 is 0 Å². The molecule has 264 valence electrons. The second-order valence-electron chi connectivity index (χ2n) is 14.7. The Morgan fingerprint density at radius 2 is 0.787 bits per heavy atom. The second-order valence-corrected chi connectivity index (χ2v) is 17.6. The molecule has 0 spiro atoms. The third kappa shape index (κ3) is 9.62. The van der Waals surface area contributed by atoms with Crippen LogP contribution in [0.1, 0.15) is 77.0 Å². The summed E-state index contributed by atoms with van der Waals surface area (Å²) in [4.78, 5) is 24.8. The van der Waals surface area contributed by atoms with Crippen LogP contribution in [0, 0.1) is 46.3 Å². The SMILES string of the molecule is O=C(OC(CS(=O)(=O)[O-])C(F)(F)F)C12CC3CC(CC(C3)C1)C2.O=C(OC(CS(=O)(=O)[O-])C(F)(F)F)C12CC3CC(CC(C3)C1)C2.[Ba+2]. The van der Waals surface area contributed by atoms with Gasteiger partial charge in [0.15, 0.2) is 0 Å². The number of esters is 2. The van der Waals surface area contributed by atoms with Crippen LogP contribution in [-0.2, 0) is 39.3 Å². The molecule has 0 saturated heterocycles. The number of halogens is 6. The fraction of sp³-hybridized carbons (Fsp3) is 0.929. The molecule has 8 fully saturated rings. The van der Waals surface area contributed by atoms with Crippen LogP contribution in [0.5, 0.6) is 0 Å². The molecule has 8 aliphatic rings. The summed E-state index contributed by atoms with van der Waals surface area (Å²) in [6.45, 7) is 0. The molecular formula is C28H36BaF6O10S2. The van der Waals surface area contributed by atoms with Crippen molar-refractivity contribution in [3.63, 3.8) is 0 Å². The molecule has 0 N–H and O–H groups in total. The van der Waals surface area contributed by atoms with E-state index in [-0.39, 0.29) is 48.9 Å². The molecule has 0 aromatic rings. The van der Waals surface area contributed by atoms with E-state index in [1.165, 1.54) is 0 Å². The van der Waals surface area contributed by atoms with Gasteiger partial charge in [-0.2, -0.15) is 26.3 Å². The minimum Gasteiger partial charge on any atom is -0.748 e. The number of carbonyl (C=O) groups is 2. The first-order valence-electron chi connectivity index (χ1n) is 15.4. The van der Waals surface area contributed by atoms with Gasteiger partial charge in [0, 0.05) is 0 Å². The van der Waals surface area contributed by atoms with Gasteiger partial charge in [0.05, 0.1) is 42.6 Å². The summed E-state index contributed by atoms with van der Waals surface area (Å²) in [6, 6.07) is 0. The molecule has 2 unspecified atom stereocenters. The molecule has 0 aromatic carbocycles. The molecule has 19 heteroatoms. The van der Waals surface area contributed by atoms with Crippen molar-refractivity contribution >= 4 is 81.1 Å². The average molecular weight is 848 g/mol. The van der Waals surface area contributed by atoms with Gasteiger partial charge in [0.2, 0.25) is 12.2 Å². The monoisotopic (exact) mass is 848 g/mol. The number of rotatable bonds is 8. The molecule has 2 atom stereocenters. The molecule has 0 amide bonds. The summed E-state index contributed by atoms with van der Waals surface area (Å²) < 4.78 is 151. The molecule has 8 aliphatic carbocycles. The van der Waals surface area contributed by atoms with Crippen LogP contribution in [0.2, 0.25) is 0 Å². The van der Waals surface area contributed by atoms with E-state index < -0.39 is 79.1 Å². The van der Waals surface area contributed by atoms with Crippen molar-refractivity contribution in [3.05, 3.63) is 0 Å². The third-order valence-electron chi connectivity index (χ3n) is 10.9. The minimum absolute atomic E-state index is 0. The summed E-state index contributed by atoms with van der Waals surface area (Å²) in [5.41, 5.74) is -1.85. The van der Waals surface area contributed by atoms with Crippen molar-refractivity contribution in [2.45, 2.75) is 102 Å². The maximum Gasteiger partial charge on any atom is 2.00 e. The zero-order valence-corrected chi connectivity index (χ0v) is 31.5. The zero-order chi connectivity index (χ0) is 34.1. The number of carbonyl (C=O) groups excluding carboxylic acids is 2. The Labute approximate surface area is 309 Å². The Kier molecular flexibility index (Phi) is 11.7. The van der Waals surface area contributed by atoms with Crippen LogP contribution in [0.15, 0.2) is 0 Å². The smallest absolute Gasteiger partial charge is 0.748 e. The van der Waals surface area contributed by atoms with Gasteiger partial charge in [0.1, 0.15) is 0 Å². The van der Waals surface area contributed by atoms with E-state index >= 15 is 0 Å². The number of ether oxygens (including phenoxy) is 2. The largest absolute Gasteiger partial charge is 2.00 e. The van der Waals surface area contributed by atoms with Crippen molar-refractivity contribution in [1.29, 1.82) is 0 Å². The van der Waals surface area contributed by atoms with Crippen molar-refractivity contribution < 1.29 is 71.3 Å². The van der Waals surface area contributed by atoms with E-state index in [4.69, 9.17) is 0 Å². The van der Waals surface area contributed by atoms with Crippen LogP contribution in [0.3, 0.4) is 0 Å². The molecule has 8 bridgehead atoms. The third-order valence-corrected chi connectivity index (χ3v) is 12.3. The molecular weight excluding hydrogens is 812 g/mol. The Morgan fingerprint density at radius 1 is 0.574 bits per heavy atom. The molecule has 0 heterocycles. The van der Waals surface area contributed by atoms with Gasteiger partial charge in [-0.1, -0.05) is 0 Å². The summed E-state index contributed by atoms with van der Waals surface area (Å²) in [7, 11) is -10.3. The van der Waals surface area contributed by atoms with E-state index in [0.29, 0.717) is 74.0 Å². The quantitative estimate of drug-likeness (QED) is 0.151. The Bertz CT molecular complexity index is 1240. The summed E-state index contributed by atoms with van der Waals surface area (Å²) in [6.07, 6.45) is -6.85. The van der Waals surface area contributed by atoms with Crippen LogP contribution in [-0.4, -0.2) is 123 Å². The van der Waals surface area contributed by atoms with Crippen molar-refractivity contribution in [2.24, 2.45) is 46.3 Å². The van der Waals surface area contributed by atoms with E-state index in [2.05, 4.69) is 9.47 Å². The van der Waals surface area contributed by atoms with Crippen LogP contribution < -0.4 is 0 Å². The van der Waals surface area contributed by atoms with E-state index in [1.807, 2.05) is 0 Å². The predicted octanol–water partition coefficient (Wildman–Crippen LogP) is 4.06. The number of alkyl halides is 6. The van der Waals surface area contributed by atoms with E-state index in [0.717, 1.165) is 38.5 Å². The summed E-state index contributed by atoms with van der Waals surface area (Å²) in [5, 5.41) is 0. The normalized spacial score (nSPS) is 36.9. The Balaban J connectivity index is 0.000000208. The minimum atomic E-state index is -5.16. The van der Waals surface area contributed by atoms with Crippen molar-refractivity contribution in [1.82, 2.24) is 0 Å². The van der Waals surface area contributed by atoms with Gasteiger partial charge in [-0.15, -0.1) is 0 Å². The second kappa shape index (κ2) is 13.8. The number of hydrogen-bond acceptors (Lipinski definition) is 10. The van der Waals surface area contributed by atoms with Gasteiger partial charge in [-0.05, 0) is 113 Å². The Morgan fingerprint density at radius 3 is 0.957 bits per heavy atom. The maximum absolute atomic E-state index is 12.9. The number of hydrogen-bond donors (Lipinski definition) is 0. The molecule has 47 heavy (non-hydrogen) atoms. The Hall–Kier alpha value is -0.0886. The van der Waals surface area contributed by atoms with E-state index in [9.17, 15) is 61.9 Å². The van der Waals surface area contributed by atoms with Gasteiger partial charge in [-0.25, -0.2) is 16.8 Å². The molecule has 8 rings (SSSR count). The molecule has 0 aliphatic heterocycles. The van der Waals surface area contributed by atoms with Gasteiger partial charge in [0.25, 0.3) is 0 Å². The molecule has 8 saturated carbocycles. The fourth-order valence-electron chi connectivity index (χ4n) is 9.99. The van der Waals surface area contributed by atoms with Gasteiger partial charge < -0.3 is 18.6 Å². The van der Waals surface area contributed by atoms with Gasteiger partial charge >= 0.3 is 73.2 Å². The summed E-state index contributed by atoms with van der Waals surface area (Å²) >= 11 is 0. The summed E-state index contributed by atoms with van der Waals surface area (Å²) in [5.74, 6) is -3.50. The molecule has 0 aromatic heterocycles. The first-order valence-corrected chi connectivity index (χ1v) is 18.5. The topological polar surface area (TPSA) is 167 Å². The predicted molar refractivity (Wildman–Crippen MR) is 148 cm³/mol. The molecule has 0 radical (unpaired) electrons. The van der Waals surface area contributed by atoms with Crippen LogP contribution in [0.25, 0.3) is 0 Å². The standard InChI is InChI=1S/2C14H19F3O5S.Ba/c2*15-14(16,17)11(7-23(19,20)21)22-12(18)13-4-8-1-9(5-13)3-10(2-8)6-13;/h2*8-11H,1-7H2,(H,19,20,21);/q;;+2/p-2. The van der Waals surface area contributed by atoms with Gasteiger partial charge in [-0.3, -0.25) is 9.59 Å². The van der Waals surface area contributed by atoms with Crippen LogP contribution in [0.4, 0.5) is 26.3 Å². The zero-order valence-electron chi connectivity index (χ0n) is 25.4. The van der Waals surface area contributed by atoms with Crippen molar-refractivity contribution in [3.8, 4) is 0 Å². The first kappa shape index (κ1) is 39.7. The van der Waals surface area contributed by atoms with Crippen molar-refractivity contribution in [2.75, 3.05) is 11.5 Å². The maximum atomic E-state index is 12.9. The first-order chi connectivity index (χ1) is 20.9. The average Bonchev–Trinajstić information content (AvgIpc) is 2.84. The fourth-order valence-corrected chi connectivity index (χ4v) is 11.2. The van der Waals surface area contributed by atoms with E-state index in [1.54, 1.807) is 0 Å². The molecule has 10 nitrogen and oxygen atoms in total.